The molecule has 0 spiro atoms. The van der Waals surface area contributed by atoms with Crippen LogP contribution in [0.25, 0.3) is 5.52 Å². The van der Waals surface area contributed by atoms with Gasteiger partial charge in [-0.3, -0.25) is 10.1 Å². The van der Waals surface area contributed by atoms with Gasteiger partial charge in [-0.1, -0.05) is 6.07 Å². The molecule has 9 heteroatoms. The molecule has 2 aromatic heterocycles. The Kier molecular flexibility index (Phi) is 5.96. The van der Waals surface area contributed by atoms with Crippen molar-refractivity contribution in [1.29, 1.82) is 0 Å². The van der Waals surface area contributed by atoms with Gasteiger partial charge in [0.05, 0.1) is 12.2 Å². The van der Waals surface area contributed by atoms with Gasteiger partial charge in [-0.05, 0) is 51.0 Å². The number of ether oxygens (including phenoxy) is 1. The third-order valence-electron chi connectivity index (χ3n) is 4.42. The van der Waals surface area contributed by atoms with Crippen molar-refractivity contribution in [2.24, 2.45) is 0 Å². The summed E-state index contributed by atoms with van der Waals surface area (Å²) in [4.78, 5) is 28.4. The topological polar surface area (TPSA) is 110 Å². The Bertz CT molecular complexity index is 1060. The number of anilines is 3. The Morgan fingerprint density at radius 1 is 1.21 bits per heavy atom. The van der Waals surface area contributed by atoms with E-state index in [1.54, 1.807) is 29.8 Å². The van der Waals surface area contributed by atoms with Gasteiger partial charge in [0, 0.05) is 24.1 Å². The molecule has 0 aliphatic carbocycles. The summed E-state index contributed by atoms with van der Waals surface area (Å²) in [5, 5.41) is 13.0. The van der Waals surface area contributed by atoms with E-state index in [0.717, 1.165) is 16.8 Å². The maximum Gasteiger partial charge on any atom is 0.411 e. The van der Waals surface area contributed by atoms with E-state index in [-0.39, 0.29) is 5.91 Å². The number of fused-ring (bicyclic) bond motifs is 1. The molecule has 3 aromatic rings. The van der Waals surface area contributed by atoms with Crippen LogP contribution in [0.3, 0.4) is 0 Å². The van der Waals surface area contributed by atoms with Crippen molar-refractivity contribution < 1.29 is 14.3 Å². The number of aromatic nitrogens is 3. The van der Waals surface area contributed by atoms with Crippen LogP contribution < -0.4 is 16.0 Å². The number of aryl methyl sites for hydroxylation is 2. The second kappa shape index (κ2) is 8.59. The largest absolute Gasteiger partial charge is 0.450 e. The van der Waals surface area contributed by atoms with Gasteiger partial charge in [-0.15, -0.1) is 0 Å². The van der Waals surface area contributed by atoms with E-state index in [1.165, 1.54) is 6.33 Å². The van der Waals surface area contributed by atoms with Gasteiger partial charge in [0.2, 0.25) is 0 Å². The average molecular weight is 396 g/mol. The predicted molar refractivity (Wildman–Crippen MR) is 111 cm³/mol. The summed E-state index contributed by atoms with van der Waals surface area (Å²) >= 11 is 0. The highest BCUT2D eigenvalue weighted by molar-refractivity contribution is 5.99. The number of amides is 2. The van der Waals surface area contributed by atoms with Crippen molar-refractivity contribution in [1.82, 2.24) is 19.9 Å². The zero-order valence-electron chi connectivity index (χ0n) is 16.9. The van der Waals surface area contributed by atoms with Crippen LogP contribution in [0.5, 0.6) is 0 Å². The summed E-state index contributed by atoms with van der Waals surface area (Å²) < 4.78 is 6.55. The van der Waals surface area contributed by atoms with Gasteiger partial charge in [0.25, 0.3) is 5.91 Å². The molecule has 1 aromatic carbocycles. The molecule has 3 N–H and O–H groups in total. The molecule has 0 bridgehead atoms. The van der Waals surface area contributed by atoms with Gasteiger partial charge in [-0.2, -0.15) is 5.10 Å². The van der Waals surface area contributed by atoms with Crippen molar-refractivity contribution in [3.63, 3.8) is 0 Å². The van der Waals surface area contributed by atoms with E-state index in [1.807, 2.05) is 26.8 Å². The molecule has 29 heavy (non-hydrogen) atoms. The van der Waals surface area contributed by atoms with Crippen LogP contribution in [0.15, 0.2) is 30.7 Å². The lowest BCUT2D eigenvalue weighted by Gasteiger charge is -2.13. The molecule has 0 saturated carbocycles. The fourth-order valence-corrected chi connectivity index (χ4v) is 2.98. The van der Waals surface area contributed by atoms with Crippen molar-refractivity contribution in [3.05, 3.63) is 47.4 Å². The van der Waals surface area contributed by atoms with Crippen LogP contribution in [-0.4, -0.2) is 39.8 Å². The first-order valence-electron chi connectivity index (χ1n) is 9.37. The molecule has 0 radical (unpaired) electrons. The molecule has 0 unspecified atom stereocenters. The highest BCUT2D eigenvalue weighted by Gasteiger charge is 2.18. The van der Waals surface area contributed by atoms with E-state index >= 15 is 0 Å². The summed E-state index contributed by atoms with van der Waals surface area (Å²) in [6.07, 6.45) is 2.60. The number of nitrogens with zero attached hydrogens (tertiary/aromatic N) is 3. The summed E-state index contributed by atoms with van der Waals surface area (Å²) in [5.41, 5.74) is 4.35. The summed E-state index contributed by atoms with van der Waals surface area (Å²) in [7, 11) is 0. The Balaban J connectivity index is 1.96. The number of carbonyl (C=O) groups excluding carboxylic acids is 2. The van der Waals surface area contributed by atoms with Gasteiger partial charge in [0.1, 0.15) is 11.8 Å². The molecule has 152 valence electrons. The predicted octanol–water partition coefficient (Wildman–Crippen LogP) is 3.41. The Labute approximate surface area is 168 Å². The smallest absolute Gasteiger partial charge is 0.411 e. The van der Waals surface area contributed by atoms with Crippen LogP contribution in [0.4, 0.5) is 22.0 Å². The molecular weight excluding hydrogens is 372 g/mol. The highest BCUT2D eigenvalue weighted by Crippen LogP contribution is 2.28. The first-order chi connectivity index (χ1) is 13.9. The number of nitrogens with one attached hydrogen (secondary N) is 3. The molecule has 9 nitrogen and oxygen atoms in total. The minimum Gasteiger partial charge on any atom is -0.450 e. The normalized spacial score (nSPS) is 10.6. The quantitative estimate of drug-likeness (QED) is 0.589. The lowest BCUT2D eigenvalue weighted by molar-refractivity contribution is 0.0955. The van der Waals surface area contributed by atoms with E-state index < -0.39 is 6.09 Å². The van der Waals surface area contributed by atoms with E-state index in [9.17, 15) is 9.59 Å². The summed E-state index contributed by atoms with van der Waals surface area (Å²) in [6, 6.07) is 5.48. The van der Waals surface area contributed by atoms with Crippen molar-refractivity contribution in [3.8, 4) is 0 Å². The van der Waals surface area contributed by atoms with Crippen molar-refractivity contribution in [2.75, 3.05) is 23.8 Å². The monoisotopic (exact) mass is 396 g/mol. The third kappa shape index (κ3) is 4.29. The number of carbonyl (C=O) groups is 2. The van der Waals surface area contributed by atoms with E-state index in [2.05, 4.69) is 26.0 Å². The van der Waals surface area contributed by atoms with Crippen LogP contribution in [-0.2, 0) is 4.74 Å². The SMILES string of the molecule is CCNC(=O)c1cn2ncnc(Nc3cc(NC(=O)OCC)ccc3C)c2c1C. The number of hydrogen-bond donors (Lipinski definition) is 3. The molecular formula is C20H24N6O3. The Morgan fingerprint density at radius 2 is 2.00 bits per heavy atom. The fraction of sp³-hybridized carbons (Fsp3) is 0.300. The van der Waals surface area contributed by atoms with Crippen molar-refractivity contribution >= 4 is 34.7 Å². The molecule has 2 heterocycles. The lowest BCUT2D eigenvalue weighted by Crippen LogP contribution is -2.22. The fourth-order valence-electron chi connectivity index (χ4n) is 2.98. The zero-order valence-corrected chi connectivity index (χ0v) is 16.9. The molecule has 0 atom stereocenters. The second-order valence-electron chi connectivity index (χ2n) is 6.43. The van der Waals surface area contributed by atoms with Gasteiger partial charge >= 0.3 is 6.09 Å². The Hall–Kier alpha value is -3.62. The van der Waals surface area contributed by atoms with Crippen LogP contribution in [0.2, 0.25) is 0 Å². The van der Waals surface area contributed by atoms with Crippen molar-refractivity contribution in [2.45, 2.75) is 27.7 Å². The van der Waals surface area contributed by atoms with Gasteiger partial charge < -0.3 is 15.4 Å². The molecule has 0 fully saturated rings. The van der Waals surface area contributed by atoms with Crippen LogP contribution in [0.1, 0.15) is 35.3 Å². The minimum atomic E-state index is -0.513. The van der Waals surface area contributed by atoms with Crippen LogP contribution >= 0.6 is 0 Å². The number of benzene rings is 1. The molecule has 0 aliphatic rings. The average Bonchev–Trinajstić information content (AvgIpc) is 3.03. The van der Waals surface area contributed by atoms with Gasteiger partial charge in [-0.25, -0.2) is 14.3 Å². The summed E-state index contributed by atoms with van der Waals surface area (Å²) in [5.74, 6) is 0.405. The van der Waals surface area contributed by atoms with E-state index in [0.29, 0.717) is 35.7 Å². The number of rotatable bonds is 6. The molecule has 3 rings (SSSR count). The maximum atomic E-state index is 12.3. The summed E-state index contributed by atoms with van der Waals surface area (Å²) in [6.45, 7) is 8.26. The first kappa shape index (κ1) is 20.1. The van der Waals surface area contributed by atoms with E-state index in [4.69, 9.17) is 4.74 Å². The molecule has 0 aliphatic heterocycles. The van der Waals surface area contributed by atoms with Gasteiger partial charge in [0.15, 0.2) is 5.82 Å². The molecule has 0 saturated heterocycles. The van der Waals surface area contributed by atoms with Crippen LogP contribution in [0, 0.1) is 13.8 Å². The minimum absolute atomic E-state index is 0.154. The third-order valence-corrected chi connectivity index (χ3v) is 4.42. The molecule has 2 amide bonds. The standard InChI is InChI=1S/C20H24N6O3/c1-5-21-19(27)15-10-26-17(13(15)4)18(22-11-23-26)25-16-9-14(8-7-12(16)3)24-20(28)29-6-2/h7-11H,5-6H2,1-4H3,(H,21,27)(H,24,28)(H,22,23,25). The Morgan fingerprint density at radius 3 is 2.72 bits per heavy atom. The zero-order chi connectivity index (χ0) is 21.0. The lowest BCUT2D eigenvalue weighted by atomic mass is 10.1. The second-order valence-corrected chi connectivity index (χ2v) is 6.43. The highest BCUT2D eigenvalue weighted by atomic mass is 16.5. The first-order valence-corrected chi connectivity index (χ1v) is 9.37. The number of hydrogen-bond acceptors (Lipinski definition) is 6. The maximum absolute atomic E-state index is 12.3.